The lowest BCUT2D eigenvalue weighted by Crippen LogP contribution is -2.41. The molecule has 2 unspecified atom stereocenters. The van der Waals surface area contributed by atoms with Gasteiger partial charge in [-0.1, -0.05) is 0 Å². The van der Waals surface area contributed by atoms with Gasteiger partial charge in [-0.25, -0.2) is 4.98 Å². The van der Waals surface area contributed by atoms with Crippen LogP contribution in [0.1, 0.15) is 35.5 Å². The van der Waals surface area contributed by atoms with E-state index in [0.29, 0.717) is 6.54 Å². The number of hydrogen-bond acceptors (Lipinski definition) is 5. The van der Waals surface area contributed by atoms with Crippen LogP contribution in [0.5, 0.6) is 0 Å². The highest BCUT2D eigenvalue weighted by Crippen LogP contribution is 2.24. The van der Waals surface area contributed by atoms with Gasteiger partial charge in [-0.15, -0.1) is 11.3 Å². The smallest absolute Gasteiger partial charge is 0.0973 e. The van der Waals surface area contributed by atoms with E-state index in [9.17, 15) is 5.11 Å². The Morgan fingerprint density at radius 2 is 2.12 bits per heavy atom. The highest BCUT2D eigenvalue weighted by Gasteiger charge is 2.21. The van der Waals surface area contributed by atoms with Crippen LogP contribution in [-0.2, 0) is 0 Å². The van der Waals surface area contributed by atoms with Crippen molar-refractivity contribution in [1.82, 2.24) is 10.3 Å². The summed E-state index contributed by atoms with van der Waals surface area (Å²) in [6.07, 6.45) is 0. The molecule has 0 radical (unpaired) electrons. The average Bonchev–Trinajstić information content (AvgIpc) is 2.54. The Labute approximate surface area is 100 Å². The number of aliphatic hydroxyl groups excluding tert-OH is 1. The van der Waals surface area contributed by atoms with Crippen LogP contribution in [0.2, 0.25) is 0 Å². The van der Waals surface area contributed by atoms with E-state index in [0.717, 1.165) is 10.7 Å². The first-order chi connectivity index (χ1) is 7.35. The summed E-state index contributed by atoms with van der Waals surface area (Å²) in [6, 6.07) is 0.143. The fourth-order valence-corrected chi connectivity index (χ4v) is 2.42. The van der Waals surface area contributed by atoms with Gasteiger partial charge < -0.3 is 15.5 Å². The van der Waals surface area contributed by atoms with E-state index in [2.05, 4.69) is 10.3 Å². The van der Waals surface area contributed by atoms with Gasteiger partial charge in [0.05, 0.1) is 22.9 Å². The van der Waals surface area contributed by atoms with Crippen LogP contribution in [0.25, 0.3) is 0 Å². The van der Waals surface area contributed by atoms with E-state index in [4.69, 9.17) is 5.11 Å². The van der Waals surface area contributed by atoms with E-state index in [1.54, 1.807) is 18.3 Å². The standard InChI is InChI=1S/C11H20N2O2S/c1-7(12-5-11(4,15)6-14)10-8(2)13-9(3)16-10/h7,12,14-15H,5-6H2,1-4H3. The minimum Gasteiger partial charge on any atom is -0.393 e. The number of rotatable bonds is 5. The predicted molar refractivity (Wildman–Crippen MR) is 65.7 cm³/mol. The zero-order chi connectivity index (χ0) is 12.3. The third-order valence-electron chi connectivity index (χ3n) is 2.46. The van der Waals surface area contributed by atoms with Crippen molar-refractivity contribution in [2.75, 3.05) is 13.2 Å². The largest absolute Gasteiger partial charge is 0.393 e. The lowest BCUT2D eigenvalue weighted by Gasteiger charge is -2.23. The number of aliphatic hydroxyl groups is 2. The van der Waals surface area contributed by atoms with E-state index in [1.165, 1.54) is 4.88 Å². The second-order valence-corrected chi connectivity index (χ2v) is 5.67. The van der Waals surface area contributed by atoms with Crippen LogP contribution >= 0.6 is 11.3 Å². The Bertz CT molecular complexity index is 350. The van der Waals surface area contributed by atoms with Gasteiger partial charge in [-0.05, 0) is 27.7 Å². The molecule has 92 valence electrons. The van der Waals surface area contributed by atoms with Crippen LogP contribution in [0, 0.1) is 13.8 Å². The first kappa shape index (κ1) is 13.6. The molecular weight excluding hydrogens is 224 g/mol. The van der Waals surface area contributed by atoms with Gasteiger partial charge in [0.25, 0.3) is 0 Å². The summed E-state index contributed by atoms with van der Waals surface area (Å²) in [6.45, 7) is 7.73. The van der Waals surface area contributed by atoms with E-state index in [-0.39, 0.29) is 12.6 Å². The van der Waals surface area contributed by atoms with Crippen molar-refractivity contribution in [3.8, 4) is 0 Å². The van der Waals surface area contributed by atoms with E-state index >= 15 is 0 Å². The predicted octanol–water partition coefficient (Wildman–Crippen LogP) is 1.15. The number of aromatic nitrogens is 1. The quantitative estimate of drug-likeness (QED) is 0.727. The molecule has 1 heterocycles. The summed E-state index contributed by atoms with van der Waals surface area (Å²) in [5, 5.41) is 22.9. The van der Waals surface area contributed by atoms with E-state index < -0.39 is 5.60 Å². The summed E-state index contributed by atoms with van der Waals surface area (Å²) in [5.74, 6) is 0. The average molecular weight is 244 g/mol. The van der Waals surface area contributed by atoms with Crippen LogP contribution in [-0.4, -0.2) is 33.9 Å². The molecule has 16 heavy (non-hydrogen) atoms. The van der Waals surface area contributed by atoms with E-state index in [1.807, 2.05) is 20.8 Å². The minimum absolute atomic E-state index is 0.143. The summed E-state index contributed by atoms with van der Waals surface area (Å²) in [7, 11) is 0. The van der Waals surface area contributed by atoms with Crippen LogP contribution in [0.4, 0.5) is 0 Å². The Kier molecular flexibility index (Phi) is 4.43. The van der Waals surface area contributed by atoms with Crippen molar-refractivity contribution in [2.45, 2.75) is 39.3 Å². The normalized spacial score (nSPS) is 17.1. The van der Waals surface area contributed by atoms with Crippen LogP contribution in [0.15, 0.2) is 0 Å². The molecule has 0 aliphatic rings. The molecule has 0 amide bonds. The van der Waals surface area contributed by atoms with Crippen molar-refractivity contribution < 1.29 is 10.2 Å². The molecule has 1 rings (SSSR count). The minimum atomic E-state index is -1.07. The maximum absolute atomic E-state index is 9.67. The highest BCUT2D eigenvalue weighted by molar-refractivity contribution is 7.11. The van der Waals surface area contributed by atoms with Crippen molar-refractivity contribution in [2.24, 2.45) is 0 Å². The van der Waals surface area contributed by atoms with Crippen LogP contribution < -0.4 is 5.32 Å². The number of nitrogens with zero attached hydrogens (tertiary/aromatic N) is 1. The molecule has 2 atom stereocenters. The second-order valence-electron chi connectivity index (χ2n) is 4.44. The fourth-order valence-electron chi connectivity index (χ4n) is 1.47. The maximum atomic E-state index is 9.67. The van der Waals surface area contributed by atoms with Gasteiger partial charge in [0.15, 0.2) is 0 Å². The first-order valence-corrected chi connectivity index (χ1v) is 6.18. The molecule has 0 aliphatic heterocycles. The molecular formula is C11H20N2O2S. The lowest BCUT2D eigenvalue weighted by atomic mass is 10.1. The monoisotopic (exact) mass is 244 g/mol. The summed E-state index contributed by atoms with van der Waals surface area (Å²) < 4.78 is 0. The second kappa shape index (κ2) is 5.23. The Hall–Kier alpha value is -0.490. The Morgan fingerprint density at radius 3 is 2.56 bits per heavy atom. The Balaban J connectivity index is 2.59. The molecule has 3 N–H and O–H groups in total. The molecule has 0 saturated carbocycles. The Morgan fingerprint density at radius 1 is 1.50 bits per heavy atom. The zero-order valence-electron chi connectivity index (χ0n) is 10.2. The molecule has 5 heteroatoms. The third-order valence-corrected chi connectivity index (χ3v) is 3.72. The molecule has 0 spiro atoms. The van der Waals surface area contributed by atoms with Gasteiger partial charge >= 0.3 is 0 Å². The van der Waals surface area contributed by atoms with Gasteiger partial charge in [-0.2, -0.15) is 0 Å². The van der Waals surface area contributed by atoms with Crippen molar-refractivity contribution in [1.29, 1.82) is 0 Å². The number of nitrogens with one attached hydrogen (secondary N) is 1. The molecule has 4 nitrogen and oxygen atoms in total. The van der Waals surface area contributed by atoms with Gasteiger partial charge in [0, 0.05) is 17.5 Å². The molecule has 0 saturated heterocycles. The number of thiazole rings is 1. The molecule has 1 aromatic rings. The first-order valence-electron chi connectivity index (χ1n) is 5.36. The third kappa shape index (κ3) is 3.52. The summed E-state index contributed by atoms with van der Waals surface area (Å²) in [5.41, 5.74) is -0.0341. The lowest BCUT2D eigenvalue weighted by molar-refractivity contribution is 0.00111. The van der Waals surface area contributed by atoms with Gasteiger partial charge in [0.2, 0.25) is 0 Å². The van der Waals surface area contributed by atoms with Crippen molar-refractivity contribution >= 4 is 11.3 Å². The SMILES string of the molecule is Cc1nc(C)c(C(C)NCC(C)(O)CO)s1. The molecule has 0 bridgehead atoms. The van der Waals surface area contributed by atoms with Crippen molar-refractivity contribution in [3.63, 3.8) is 0 Å². The zero-order valence-corrected chi connectivity index (χ0v) is 11.1. The molecule has 0 fully saturated rings. The number of hydrogen-bond donors (Lipinski definition) is 3. The summed E-state index contributed by atoms with van der Waals surface area (Å²) >= 11 is 1.66. The molecule has 0 aliphatic carbocycles. The maximum Gasteiger partial charge on any atom is 0.0973 e. The highest BCUT2D eigenvalue weighted by atomic mass is 32.1. The van der Waals surface area contributed by atoms with Gasteiger partial charge in [0.1, 0.15) is 0 Å². The fraction of sp³-hybridized carbons (Fsp3) is 0.727. The summed E-state index contributed by atoms with van der Waals surface area (Å²) in [4.78, 5) is 5.55. The van der Waals surface area contributed by atoms with Crippen molar-refractivity contribution in [3.05, 3.63) is 15.6 Å². The van der Waals surface area contributed by atoms with Crippen LogP contribution in [0.3, 0.4) is 0 Å². The molecule has 1 aromatic heterocycles. The topological polar surface area (TPSA) is 65.4 Å². The number of aryl methyl sites for hydroxylation is 2. The van der Waals surface area contributed by atoms with Gasteiger partial charge in [-0.3, -0.25) is 0 Å². The molecule has 0 aromatic carbocycles.